The van der Waals surface area contributed by atoms with Gasteiger partial charge in [0.2, 0.25) is 0 Å². The van der Waals surface area contributed by atoms with Crippen molar-refractivity contribution in [2.45, 2.75) is 32.9 Å². The Morgan fingerprint density at radius 1 is 1.35 bits per heavy atom. The highest BCUT2D eigenvalue weighted by atomic mass is 16.1. The fourth-order valence-corrected chi connectivity index (χ4v) is 3.39. The Kier molecular flexibility index (Phi) is 5.30. The Labute approximate surface area is 137 Å². The molecule has 128 valence electrons. The van der Waals surface area contributed by atoms with Gasteiger partial charge >= 0.3 is 0 Å². The van der Waals surface area contributed by atoms with E-state index in [1.807, 2.05) is 0 Å². The number of nitrogens with zero attached hydrogens (tertiary/aromatic N) is 3. The molecule has 23 heavy (non-hydrogen) atoms. The largest absolute Gasteiger partial charge is 0.349 e. The first-order valence-corrected chi connectivity index (χ1v) is 8.70. The van der Waals surface area contributed by atoms with Crippen molar-refractivity contribution in [2.24, 2.45) is 0 Å². The number of likely N-dealkylation sites (N-methyl/N-ethyl adjacent to an activating group) is 1. The predicted octanol–water partition coefficient (Wildman–Crippen LogP) is -0.189. The molecule has 1 atom stereocenters. The molecule has 7 nitrogen and oxygen atoms in total. The third kappa shape index (κ3) is 3.73. The summed E-state index contributed by atoms with van der Waals surface area (Å²) in [5.41, 5.74) is 2.67. The summed E-state index contributed by atoms with van der Waals surface area (Å²) >= 11 is 0. The maximum atomic E-state index is 12.4. The number of carbonyl (C=O) groups excluding carboxylic acids is 1. The molecular formula is C16H28N6O. The second kappa shape index (κ2) is 7.42. The van der Waals surface area contributed by atoms with E-state index >= 15 is 0 Å². The number of H-pyrrole nitrogens is 1. The third-order valence-corrected chi connectivity index (χ3v) is 5.06. The Morgan fingerprint density at radius 3 is 2.87 bits per heavy atom. The van der Waals surface area contributed by atoms with E-state index in [0.29, 0.717) is 18.3 Å². The fraction of sp³-hybridized carbons (Fsp3) is 0.750. The summed E-state index contributed by atoms with van der Waals surface area (Å²) in [6.07, 6.45) is 0.910. The van der Waals surface area contributed by atoms with Crippen molar-refractivity contribution in [3.63, 3.8) is 0 Å². The zero-order valence-corrected chi connectivity index (χ0v) is 14.2. The van der Waals surface area contributed by atoms with Gasteiger partial charge in [-0.25, -0.2) is 0 Å². The second-order valence-electron chi connectivity index (χ2n) is 6.49. The second-order valence-corrected chi connectivity index (χ2v) is 6.49. The maximum absolute atomic E-state index is 12.4. The molecule has 3 rings (SSSR count). The van der Waals surface area contributed by atoms with Gasteiger partial charge in [-0.3, -0.25) is 14.8 Å². The molecule has 0 radical (unpaired) electrons. The summed E-state index contributed by atoms with van der Waals surface area (Å²) in [7, 11) is 0. The SMILES string of the molecule is CCN1CCN(C(C)CNC(=O)c2n[nH]c3c2CNCC3)CC1. The van der Waals surface area contributed by atoms with Crippen LogP contribution in [0, 0.1) is 0 Å². The lowest BCUT2D eigenvalue weighted by molar-refractivity contribution is 0.0878. The lowest BCUT2D eigenvalue weighted by atomic mass is 10.1. The van der Waals surface area contributed by atoms with E-state index < -0.39 is 0 Å². The van der Waals surface area contributed by atoms with E-state index in [1.165, 1.54) is 0 Å². The van der Waals surface area contributed by atoms with Crippen LogP contribution in [0.25, 0.3) is 0 Å². The van der Waals surface area contributed by atoms with Crippen LogP contribution in [-0.2, 0) is 13.0 Å². The average Bonchev–Trinajstić information content (AvgIpc) is 3.03. The molecular weight excluding hydrogens is 292 g/mol. The molecule has 3 N–H and O–H groups in total. The molecule has 1 fully saturated rings. The van der Waals surface area contributed by atoms with Crippen LogP contribution < -0.4 is 10.6 Å². The van der Waals surface area contributed by atoms with Gasteiger partial charge in [0.1, 0.15) is 0 Å². The number of nitrogens with one attached hydrogen (secondary N) is 3. The highest BCUT2D eigenvalue weighted by Crippen LogP contribution is 2.15. The number of aromatic nitrogens is 2. The maximum Gasteiger partial charge on any atom is 0.272 e. The smallest absolute Gasteiger partial charge is 0.272 e. The zero-order valence-electron chi connectivity index (χ0n) is 14.2. The first-order chi connectivity index (χ1) is 11.2. The number of hydrogen-bond acceptors (Lipinski definition) is 5. The van der Waals surface area contributed by atoms with Gasteiger partial charge in [0.25, 0.3) is 5.91 Å². The van der Waals surface area contributed by atoms with E-state index in [4.69, 9.17) is 0 Å². The summed E-state index contributed by atoms with van der Waals surface area (Å²) in [6.45, 7) is 12.2. The van der Waals surface area contributed by atoms with Gasteiger partial charge < -0.3 is 15.5 Å². The predicted molar refractivity (Wildman–Crippen MR) is 89.5 cm³/mol. The summed E-state index contributed by atoms with van der Waals surface area (Å²) < 4.78 is 0. The Hall–Kier alpha value is -1.44. The highest BCUT2D eigenvalue weighted by molar-refractivity contribution is 5.94. The van der Waals surface area contributed by atoms with Crippen molar-refractivity contribution < 1.29 is 4.79 Å². The van der Waals surface area contributed by atoms with Crippen LogP contribution in [0.2, 0.25) is 0 Å². The normalized spacial score (nSPS) is 21.0. The first-order valence-electron chi connectivity index (χ1n) is 8.70. The van der Waals surface area contributed by atoms with Crippen LogP contribution in [0.4, 0.5) is 0 Å². The molecule has 0 aliphatic carbocycles. The number of rotatable bonds is 5. The molecule has 1 aromatic heterocycles. The minimum atomic E-state index is -0.0646. The average molecular weight is 320 g/mol. The van der Waals surface area contributed by atoms with E-state index in [2.05, 4.69) is 44.5 Å². The molecule has 7 heteroatoms. The Morgan fingerprint density at radius 2 is 2.13 bits per heavy atom. The van der Waals surface area contributed by atoms with Gasteiger partial charge in [-0.1, -0.05) is 6.92 Å². The van der Waals surface area contributed by atoms with Crippen molar-refractivity contribution in [2.75, 3.05) is 45.8 Å². The van der Waals surface area contributed by atoms with Gasteiger partial charge in [-0.15, -0.1) is 0 Å². The molecule has 1 amide bonds. The van der Waals surface area contributed by atoms with Crippen molar-refractivity contribution >= 4 is 5.91 Å². The molecule has 1 aromatic rings. The van der Waals surface area contributed by atoms with Crippen molar-refractivity contribution in [1.29, 1.82) is 0 Å². The highest BCUT2D eigenvalue weighted by Gasteiger charge is 2.23. The molecule has 0 spiro atoms. The summed E-state index contributed by atoms with van der Waals surface area (Å²) in [6, 6.07) is 0.353. The lowest BCUT2D eigenvalue weighted by Gasteiger charge is -2.37. The van der Waals surface area contributed by atoms with Gasteiger partial charge in [0.15, 0.2) is 5.69 Å². The first kappa shape index (κ1) is 16.4. The minimum absolute atomic E-state index is 0.0646. The van der Waals surface area contributed by atoms with Gasteiger partial charge in [-0.05, 0) is 13.5 Å². The fourth-order valence-electron chi connectivity index (χ4n) is 3.39. The molecule has 1 saturated heterocycles. The summed E-state index contributed by atoms with van der Waals surface area (Å²) in [5.74, 6) is -0.0646. The van der Waals surface area contributed by atoms with Gasteiger partial charge in [-0.2, -0.15) is 5.10 Å². The van der Waals surface area contributed by atoms with E-state index in [0.717, 1.165) is 63.5 Å². The van der Waals surface area contributed by atoms with Crippen LogP contribution >= 0.6 is 0 Å². The molecule has 0 bridgehead atoms. The van der Waals surface area contributed by atoms with Crippen LogP contribution in [0.15, 0.2) is 0 Å². The van der Waals surface area contributed by atoms with Gasteiger partial charge in [0.05, 0.1) is 0 Å². The molecule has 3 heterocycles. The zero-order chi connectivity index (χ0) is 16.2. The molecule has 2 aliphatic heterocycles. The van der Waals surface area contributed by atoms with Crippen molar-refractivity contribution in [3.8, 4) is 0 Å². The van der Waals surface area contributed by atoms with Crippen LogP contribution in [0.1, 0.15) is 35.6 Å². The number of amides is 1. The van der Waals surface area contributed by atoms with Crippen LogP contribution in [0.3, 0.4) is 0 Å². The lowest BCUT2D eigenvalue weighted by Crippen LogP contribution is -2.52. The van der Waals surface area contributed by atoms with E-state index in [-0.39, 0.29) is 5.91 Å². The number of aromatic amines is 1. The Bertz CT molecular complexity index is 535. The minimum Gasteiger partial charge on any atom is -0.349 e. The van der Waals surface area contributed by atoms with E-state index in [1.54, 1.807) is 0 Å². The molecule has 0 aromatic carbocycles. The number of piperazine rings is 1. The summed E-state index contributed by atoms with van der Waals surface area (Å²) in [4.78, 5) is 17.3. The van der Waals surface area contributed by atoms with Crippen molar-refractivity contribution in [1.82, 2.24) is 30.6 Å². The van der Waals surface area contributed by atoms with E-state index in [9.17, 15) is 4.79 Å². The third-order valence-electron chi connectivity index (χ3n) is 5.06. The number of hydrogen-bond donors (Lipinski definition) is 3. The monoisotopic (exact) mass is 320 g/mol. The number of fused-ring (bicyclic) bond motifs is 1. The number of carbonyl (C=O) groups is 1. The molecule has 0 saturated carbocycles. The molecule has 2 aliphatic rings. The van der Waals surface area contributed by atoms with Crippen molar-refractivity contribution in [3.05, 3.63) is 17.0 Å². The Balaban J connectivity index is 1.50. The standard InChI is InChI=1S/C16H28N6O/c1-3-21-6-8-22(9-7-21)12(2)10-18-16(23)15-13-11-17-5-4-14(13)19-20-15/h12,17H,3-11H2,1-2H3,(H,18,23)(H,19,20). The topological polar surface area (TPSA) is 76.3 Å². The quantitative estimate of drug-likeness (QED) is 0.701. The van der Waals surface area contributed by atoms with Gasteiger partial charge in [0, 0.05) is 69.5 Å². The van der Waals surface area contributed by atoms with Crippen LogP contribution in [0.5, 0.6) is 0 Å². The summed E-state index contributed by atoms with van der Waals surface area (Å²) in [5, 5.41) is 13.6. The van der Waals surface area contributed by atoms with Crippen LogP contribution in [-0.4, -0.2) is 77.8 Å². The molecule has 1 unspecified atom stereocenters.